The molecule has 3 rings (SSSR count). The van der Waals surface area contributed by atoms with Crippen molar-refractivity contribution in [3.63, 3.8) is 0 Å². The number of nitrogens with zero attached hydrogens (tertiary/aromatic N) is 2. The van der Waals surface area contributed by atoms with E-state index in [9.17, 15) is 0 Å². The van der Waals surface area contributed by atoms with E-state index in [1.165, 1.54) is 5.56 Å². The zero-order valence-electron chi connectivity index (χ0n) is 16.0. The molecule has 1 aromatic heterocycles. The fourth-order valence-electron chi connectivity index (χ4n) is 3.05. The summed E-state index contributed by atoms with van der Waals surface area (Å²) < 4.78 is 11.3. The lowest BCUT2D eigenvalue weighted by Gasteiger charge is -2.41. The molecule has 0 atom stereocenters. The molecule has 1 saturated heterocycles. The van der Waals surface area contributed by atoms with Gasteiger partial charge in [0.2, 0.25) is 0 Å². The van der Waals surface area contributed by atoms with Crippen LogP contribution >= 0.6 is 11.3 Å². The second-order valence-corrected chi connectivity index (χ2v) is 8.29. The van der Waals surface area contributed by atoms with Gasteiger partial charge in [-0.3, -0.25) is 4.90 Å². The van der Waals surface area contributed by atoms with Gasteiger partial charge in [-0.15, -0.1) is 11.3 Å². The van der Waals surface area contributed by atoms with Gasteiger partial charge in [-0.1, -0.05) is 17.7 Å². The van der Waals surface area contributed by atoms with Gasteiger partial charge in [-0.2, -0.15) is 0 Å². The van der Waals surface area contributed by atoms with Gasteiger partial charge in [0.15, 0.2) is 0 Å². The molecule has 0 saturated carbocycles. The lowest BCUT2D eigenvalue weighted by Crippen LogP contribution is -2.54. The van der Waals surface area contributed by atoms with Gasteiger partial charge in [0.05, 0.1) is 18.9 Å². The lowest BCUT2D eigenvalue weighted by molar-refractivity contribution is -0.00968. The highest BCUT2D eigenvalue weighted by atomic mass is 32.1. The number of aromatic nitrogens is 1. The maximum atomic E-state index is 5.81. The summed E-state index contributed by atoms with van der Waals surface area (Å²) in [4.78, 5) is 7.16. The number of nitrogens with one attached hydrogen (secondary N) is 1. The first-order valence-corrected chi connectivity index (χ1v) is 10.1. The van der Waals surface area contributed by atoms with Crippen molar-refractivity contribution in [3.8, 4) is 5.75 Å². The topological polar surface area (TPSA) is 46.6 Å². The predicted molar refractivity (Wildman–Crippen MR) is 106 cm³/mol. The summed E-state index contributed by atoms with van der Waals surface area (Å²) in [5.74, 6) is 0.887. The number of hydrogen-bond acceptors (Lipinski definition) is 6. The Hall–Kier alpha value is -1.47. The minimum atomic E-state index is 0.122. The van der Waals surface area contributed by atoms with E-state index in [0.29, 0.717) is 6.61 Å². The van der Waals surface area contributed by atoms with Crippen LogP contribution in [0.25, 0.3) is 0 Å². The molecule has 1 aliphatic heterocycles. The molecule has 6 heteroatoms. The summed E-state index contributed by atoms with van der Waals surface area (Å²) in [5, 5.41) is 6.68. The molecule has 2 heterocycles. The Labute approximate surface area is 160 Å². The molecule has 0 amide bonds. The minimum Gasteiger partial charge on any atom is -0.486 e. The molecule has 2 aromatic rings. The Kier molecular flexibility index (Phi) is 6.64. The van der Waals surface area contributed by atoms with Gasteiger partial charge in [0.1, 0.15) is 17.4 Å². The first-order chi connectivity index (χ1) is 12.5. The second kappa shape index (κ2) is 8.95. The van der Waals surface area contributed by atoms with Crippen LogP contribution in [0.5, 0.6) is 5.75 Å². The number of ether oxygens (including phenoxy) is 2. The fraction of sp³-hybridized carbons (Fsp3) is 0.550. The third-order valence-corrected chi connectivity index (χ3v) is 5.58. The van der Waals surface area contributed by atoms with Crippen molar-refractivity contribution < 1.29 is 9.47 Å². The molecule has 1 N–H and O–H groups in total. The van der Waals surface area contributed by atoms with E-state index in [1.807, 2.05) is 12.1 Å². The normalized spacial score (nSPS) is 16.0. The molecular formula is C20H29N3O2S. The summed E-state index contributed by atoms with van der Waals surface area (Å²) in [6, 6.07) is 8.11. The first-order valence-electron chi connectivity index (χ1n) is 9.19. The Morgan fingerprint density at radius 2 is 1.96 bits per heavy atom. The van der Waals surface area contributed by atoms with E-state index < -0.39 is 0 Å². The maximum absolute atomic E-state index is 5.81. The first kappa shape index (κ1) is 19.3. The molecule has 26 heavy (non-hydrogen) atoms. The van der Waals surface area contributed by atoms with Gasteiger partial charge < -0.3 is 14.8 Å². The average Bonchev–Trinajstić information content (AvgIpc) is 3.10. The highest BCUT2D eigenvalue weighted by Gasteiger charge is 2.27. The molecule has 0 aliphatic carbocycles. The highest BCUT2D eigenvalue weighted by Crippen LogP contribution is 2.17. The average molecular weight is 376 g/mol. The van der Waals surface area contributed by atoms with Gasteiger partial charge in [-0.25, -0.2) is 4.98 Å². The standard InChI is InChI=1S/C20H29N3O2S/c1-16-4-6-18(7-5-16)25-13-19-22-17(14-26-19)12-21-15-20(2,3)23-8-10-24-11-9-23/h4-7,14,21H,8-13,15H2,1-3H3. The van der Waals surface area contributed by atoms with E-state index in [2.05, 4.69) is 53.5 Å². The largest absolute Gasteiger partial charge is 0.486 e. The molecular weight excluding hydrogens is 346 g/mol. The van der Waals surface area contributed by atoms with Crippen molar-refractivity contribution in [3.05, 3.63) is 45.9 Å². The van der Waals surface area contributed by atoms with Crippen LogP contribution < -0.4 is 10.1 Å². The second-order valence-electron chi connectivity index (χ2n) is 7.35. The zero-order chi connectivity index (χ0) is 18.4. The Balaban J connectivity index is 1.42. The van der Waals surface area contributed by atoms with Crippen molar-refractivity contribution in [2.45, 2.75) is 39.5 Å². The molecule has 1 aromatic carbocycles. The molecule has 5 nitrogen and oxygen atoms in total. The monoisotopic (exact) mass is 375 g/mol. The predicted octanol–water partition coefficient (Wildman–Crippen LogP) is 3.23. The summed E-state index contributed by atoms with van der Waals surface area (Å²) in [7, 11) is 0. The summed E-state index contributed by atoms with van der Waals surface area (Å²) in [6.07, 6.45) is 0. The van der Waals surface area contributed by atoms with Gasteiger partial charge in [0, 0.05) is 37.1 Å². The van der Waals surface area contributed by atoms with E-state index >= 15 is 0 Å². The van der Waals surface area contributed by atoms with Crippen LogP contribution in [0.2, 0.25) is 0 Å². The highest BCUT2D eigenvalue weighted by molar-refractivity contribution is 7.09. The molecule has 1 aliphatic rings. The van der Waals surface area contributed by atoms with Crippen LogP contribution in [-0.4, -0.2) is 48.3 Å². The summed E-state index contributed by atoms with van der Waals surface area (Å²) >= 11 is 1.65. The van der Waals surface area contributed by atoms with Crippen molar-refractivity contribution in [1.82, 2.24) is 15.2 Å². The van der Waals surface area contributed by atoms with Gasteiger partial charge in [-0.05, 0) is 32.9 Å². The lowest BCUT2D eigenvalue weighted by atomic mass is 10.0. The SMILES string of the molecule is Cc1ccc(OCc2nc(CNCC(C)(C)N3CCOCC3)cs2)cc1. The number of hydrogen-bond donors (Lipinski definition) is 1. The van der Waals surface area contributed by atoms with Crippen molar-refractivity contribution in [2.75, 3.05) is 32.8 Å². The van der Waals surface area contributed by atoms with E-state index in [1.54, 1.807) is 11.3 Å². The Bertz CT molecular complexity index is 679. The summed E-state index contributed by atoms with van der Waals surface area (Å²) in [5.41, 5.74) is 2.44. The van der Waals surface area contributed by atoms with Crippen molar-refractivity contribution >= 4 is 11.3 Å². The number of morpholine rings is 1. The van der Waals surface area contributed by atoms with Crippen molar-refractivity contribution in [2.24, 2.45) is 0 Å². The van der Waals surface area contributed by atoms with Crippen LogP contribution in [0.3, 0.4) is 0 Å². The minimum absolute atomic E-state index is 0.122. The van der Waals surface area contributed by atoms with Crippen molar-refractivity contribution in [1.29, 1.82) is 0 Å². The molecule has 142 valence electrons. The number of benzene rings is 1. The van der Waals surface area contributed by atoms with E-state index in [4.69, 9.17) is 9.47 Å². The fourth-order valence-corrected chi connectivity index (χ4v) is 3.76. The number of thiazole rings is 1. The van der Waals surface area contributed by atoms with Crippen LogP contribution in [0.15, 0.2) is 29.6 Å². The summed E-state index contributed by atoms with van der Waals surface area (Å²) in [6.45, 7) is 12.6. The molecule has 0 bridgehead atoms. The zero-order valence-corrected chi connectivity index (χ0v) is 16.8. The Morgan fingerprint density at radius 3 is 2.69 bits per heavy atom. The van der Waals surface area contributed by atoms with E-state index in [-0.39, 0.29) is 5.54 Å². The van der Waals surface area contributed by atoms with Crippen LogP contribution in [0.4, 0.5) is 0 Å². The molecule has 1 fully saturated rings. The molecule has 0 spiro atoms. The van der Waals surface area contributed by atoms with Crippen LogP contribution in [0.1, 0.15) is 30.1 Å². The van der Waals surface area contributed by atoms with E-state index in [0.717, 1.165) is 55.8 Å². The number of aryl methyl sites for hydroxylation is 1. The smallest absolute Gasteiger partial charge is 0.140 e. The molecule has 0 radical (unpaired) electrons. The molecule has 0 unspecified atom stereocenters. The third kappa shape index (κ3) is 5.51. The third-order valence-electron chi connectivity index (χ3n) is 4.71. The Morgan fingerprint density at radius 1 is 1.23 bits per heavy atom. The van der Waals surface area contributed by atoms with Crippen LogP contribution in [0, 0.1) is 6.92 Å². The van der Waals surface area contributed by atoms with Gasteiger partial charge in [0.25, 0.3) is 0 Å². The maximum Gasteiger partial charge on any atom is 0.140 e. The quantitative estimate of drug-likeness (QED) is 0.768. The number of rotatable bonds is 8. The van der Waals surface area contributed by atoms with Gasteiger partial charge >= 0.3 is 0 Å². The van der Waals surface area contributed by atoms with Crippen LogP contribution in [-0.2, 0) is 17.9 Å².